The molecule has 0 aromatic heterocycles. The minimum absolute atomic E-state index is 0. The SMILES string of the molecule is Oc1cc([B-](F)(F)F)ccc1Cl.[K+]. The minimum atomic E-state index is -5.06. The van der Waals surface area contributed by atoms with Gasteiger partial charge in [0.25, 0.3) is 0 Å². The second-order valence-corrected chi connectivity index (χ2v) is 2.69. The molecular formula is C6H4BClF3KO. The predicted molar refractivity (Wildman–Crippen MR) is 41.8 cm³/mol. The number of hydrogen-bond donors (Lipinski definition) is 1. The Kier molecular flexibility index (Phi) is 5.35. The Balaban J connectivity index is 0.00000144. The maximum absolute atomic E-state index is 12.0. The van der Waals surface area contributed by atoms with E-state index in [1.165, 1.54) is 0 Å². The number of aromatic hydroxyl groups is 1. The molecule has 0 bridgehead atoms. The number of phenols is 1. The molecule has 1 N–H and O–H groups in total. The van der Waals surface area contributed by atoms with Gasteiger partial charge in [0.05, 0.1) is 5.02 Å². The van der Waals surface area contributed by atoms with E-state index in [1.807, 2.05) is 0 Å². The van der Waals surface area contributed by atoms with E-state index in [4.69, 9.17) is 16.7 Å². The van der Waals surface area contributed by atoms with Crippen LogP contribution in [0.5, 0.6) is 5.75 Å². The summed E-state index contributed by atoms with van der Waals surface area (Å²) in [5.41, 5.74) is -0.850. The van der Waals surface area contributed by atoms with Crippen LogP contribution < -0.4 is 56.8 Å². The van der Waals surface area contributed by atoms with Crippen LogP contribution in [0.1, 0.15) is 0 Å². The summed E-state index contributed by atoms with van der Waals surface area (Å²) in [5.74, 6) is -0.548. The van der Waals surface area contributed by atoms with Gasteiger partial charge in [0.2, 0.25) is 0 Å². The van der Waals surface area contributed by atoms with Gasteiger partial charge in [-0.2, -0.15) is 0 Å². The summed E-state index contributed by atoms with van der Waals surface area (Å²) in [4.78, 5) is 0. The van der Waals surface area contributed by atoms with Crippen LogP contribution in [0.25, 0.3) is 0 Å². The van der Waals surface area contributed by atoms with Crippen molar-refractivity contribution >= 4 is 24.0 Å². The van der Waals surface area contributed by atoms with Crippen molar-refractivity contribution < 1.29 is 69.4 Å². The van der Waals surface area contributed by atoms with E-state index in [-0.39, 0.29) is 56.4 Å². The van der Waals surface area contributed by atoms with Crippen LogP contribution in [-0.2, 0) is 0 Å². The molecule has 66 valence electrons. The van der Waals surface area contributed by atoms with Crippen LogP contribution in [0.15, 0.2) is 18.2 Å². The van der Waals surface area contributed by atoms with Crippen molar-refractivity contribution in [2.75, 3.05) is 0 Å². The predicted octanol–water partition coefficient (Wildman–Crippen LogP) is -0.896. The van der Waals surface area contributed by atoms with Crippen LogP contribution >= 0.6 is 11.6 Å². The van der Waals surface area contributed by atoms with Crippen LogP contribution in [-0.4, -0.2) is 12.1 Å². The maximum atomic E-state index is 12.0. The largest absolute Gasteiger partial charge is 1.00 e. The molecule has 7 heteroatoms. The monoisotopic (exact) mass is 234 g/mol. The fourth-order valence-electron chi connectivity index (χ4n) is 0.733. The fourth-order valence-corrected chi connectivity index (χ4v) is 0.851. The third-order valence-corrected chi connectivity index (χ3v) is 1.67. The van der Waals surface area contributed by atoms with Crippen molar-refractivity contribution in [3.05, 3.63) is 23.2 Å². The molecule has 0 heterocycles. The number of rotatable bonds is 1. The molecule has 0 saturated carbocycles. The first-order chi connectivity index (χ1) is 5.41. The maximum Gasteiger partial charge on any atom is 1.00 e. The van der Waals surface area contributed by atoms with Gasteiger partial charge in [-0.25, -0.2) is 0 Å². The van der Waals surface area contributed by atoms with E-state index in [0.29, 0.717) is 6.07 Å². The third kappa shape index (κ3) is 3.81. The zero-order valence-electron chi connectivity index (χ0n) is 6.77. The second kappa shape index (κ2) is 5.04. The van der Waals surface area contributed by atoms with Crippen molar-refractivity contribution in [1.82, 2.24) is 0 Å². The van der Waals surface area contributed by atoms with Crippen molar-refractivity contribution in [2.45, 2.75) is 0 Å². The van der Waals surface area contributed by atoms with Gasteiger partial charge in [0, 0.05) is 0 Å². The van der Waals surface area contributed by atoms with Gasteiger partial charge in [-0.1, -0.05) is 17.7 Å². The van der Waals surface area contributed by atoms with Crippen molar-refractivity contribution in [2.24, 2.45) is 0 Å². The summed E-state index contributed by atoms with van der Waals surface area (Å²) >= 11 is 5.32. The average molecular weight is 234 g/mol. The molecule has 0 fully saturated rings. The molecule has 0 radical (unpaired) electrons. The Hall–Kier alpha value is 0.801. The van der Waals surface area contributed by atoms with Crippen LogP contribution in [0.2, 0.25) is 5.02 Å². The first kappa shape index (κ1) is 13.8. The number of phenolic OH excluding ortho intramolecular Hbond substituents is 1. The normalized spacial score (nSPS) is 10.8. The Labute approximate surface area is 121 Å². The van der Waals surface area contributed by atoms with E-state index >= 15 is 0 Å². The Morgan fingerprint density at radius 3 is 2.15 bits per heavy atom. The van der Waals surface area contributed by atoms with Gasteiger partial charge < -0.3 is 18.1 Å². The quantitative estimate of drug-likeness (QED) is 0.625. The molecule has 0 aliphatic rings. The van der Waals surface area contributed by atoms with E-state index in [1.54, 1.807) is 0 Å². The zero-order chi connectivity index (χ0) is 9.35. The first-order valence-corrected chi connectivity index (χ1v) is 3.47. The van der Waals surface area contributed by atoms with Crippen molar-refractivity contribution in [1.29, 1.82) is 0 Å². The third-order valence-electron chi connectivity index (χ3n) is 1.35. The summed E-state index contributed by atoms with van der Waals surface area (Å²) in [6, 6.07) is 2.46. The minimum Gasteiger partial charge on any atom is -0.507 e. The van der Waals surface area contributed by atoms with Gasteiger partial charge in [-0.15, -0.1) is 5.46 Å². The Bertz CT molecular complexity index is 304. The molecule has 0 saturated heterocycles. The van der Waals surface area contributed by atoms with Gasteiger partial charge in [0.1, 0.15) is 5.75 Å². The molecule has 0 unspecified atom stereocenters. The van der Waals surface area contributed by atoms with E-state index < -0.39 is 18.2 Å². The van der Waals surface area contributed by atoms with Crippen LogP contribution in [0, 0.1) is 0 Å². The molecule has 1 nitrogen and oxygen atoms in total. The Morgan fingerprint density at radius 1 is 1.23 bits per heavy atom. The van der Waals surface area contributed by atoms with Gasteiger partial charge in [0.15, 0.2) is 0 Å². The molecule has 0 amide bonds. The molecule has 0 spiro atoms. The number of hydrogen-bond acceptors (Lipinski definition) is 1. The van der Waals surface area contributed by atoms with Crippen molar-refractivity contribution in [3.63, 3.8) is 0 Å². The molecule has 0 aliphatic carbocycles. The van der Waals surface area contributed by atoms with Crippen LogP contribution in [0.4, 0.5) is 12.9 Å². The van der Waals surface area contributed by atoms with Gasteiger partial charge in [-0.3, -0.25) is 0 Å². The van der Waals surface area contributed by atoms with E-state index in [2.05, 4.69) is 0 Å². The molecule has 1 rings (SSSR count). The molecular weight excluding hydrogens is 230 g/mol. The second-order valence-electron chi connectivity index (χ2n) is 2.29. The topological polar surface area (TPSA) is 20.2 Å². The molecule has 0 atom stereocenters. The number of halogens is 4. The summed E-state index contributed by atoms with van der Waals surface area (Å²) in [7, 11) is 0. The first-order valence-electron chi connectivity index (χ1n) is 3.09. The standard InChI is InChI=1S/C6H4BClF3O.K/c8-5-2-1-4(3-6(5)12)7(9,10)11;/h1-3,12H;/q-1;+1. The van der Waals surface area contributed by atoms with Gasteiger partial charge in [-0.05, 0) is 12.1 Å². The molecule has 0 aliphatic heterocycles. The molecule has 1 aromatic rings. The Morgan fingerprint density at radius 2 is 1.77 bits per heavy atom. The van der Waals surface area contributed by atoms with Crippen LogP contribution in [0.3, 0.4) is 0 Å². The fraction of sp³-hybridized carbons (Fsp3) is 0. The van der Waals surface area contributed by atoms with Crippen molar-refractivity contribution in [3.8, 4) is 5.75 Å². The number of benzene rings is 1. The summed E-state index contributed by atoms with van der Waals surface area (Å²) < 4.78 is 36.0. The summed E-state index contributed by atoms with van der Waals surface area (Å²) in [6.07, 6.45) is 0. The zero-order valence-corrected chi connectivity index (χ0v) is 10.6. The van der Waals surface area contributed by atoms with E-state index in [0.717, 1.165) is 12.1 Å². The van der Waals surface area contributed by atoms with E-state index in [9.17, 15) is 12.9 Å². The molecule has 13 heavy (non-hydrogen) atoms. The average Bonchev–Trinajstić information content (AvgIpc) is 1.92. The smallest absolute Gasteiger partial charge is 0.507 e. The van der Waals surface area contributed by atoms with Gasteiger partial charge >= 0.3 is 58.4 Å². The summed E-state index contributed by atoms with van der Waals surface area (Å²) in [6.45, 7) is -5.06. The molecule has 1 aromatic carbocycles. The summed E-state index contributed by atoms with van der Waals surface area (Å²) in [5, 5.41) is 8.76.